The predicted octanol–water partition coefficient (Wildman–Crippen LogP) is 0.151. The Morgan fingerprint density at radius 2 is 1.91 bits per heavy atom. The first-order valence-electron chi connectivity index (χ1n) is 10.7. The number of carbonyl (C=O) groups is 2. The third-order valence-electron chi connectivity index (χ3n) is 3.92. The summed E-state index contributed by atoms with van der Waals surface area (Å²) in [6, 6.07) is 6.45. The summed E-state index contributed by atoms with van der Waals surface area (Å²) in [5, 5.41) is 8.47. The molecule has 1 atom stereocenters. The van der Waals surface area contributed by atoms with Gasteiger partial charge < -0.3 is 35.9 Å². The van der Waals surface area contributed by atoms with Gasteiger partial charge >= 0.3 is 0 Å². The first-order chi connectivity index (χ1) is 15.4. The van der Waals surface area contributed by atoms with Gasteiger partial charge in [-0.25, -0.2) is 0 Å². The average molecular weight is 449 g/mol. The molecule has 0 aliphatic heterocycles. The minimum absolute atomic E-state index is 0.0941. The smallest absolute Gasteiger partial charge is 0.251 e. The molecule has 0 saturated heterocycles. The summed E-state index contributed by atoms with van der Waals surface area (Å²) in [5.41, 5.74) is 6.49. The number of likely N-dealkylation sites (N-methyl/N-ethyl adjacent to an activating group) is 1. The summed E-state index contributed by atoms with van der Waals surface area (Å²) in [6.45, 7) is 6.64. The monoisotopic (exact) mass is 448 g/mol. The second-order valence-electron chi connectivity index (χ2n) is 7.35. The van der Waals surface area contributed by atoms with Crippen molar-refractivity contribution in [3.63, 3.8) is 0 Å². The Hall–Kier alpha value is -2.64. The van der Waals surface area contributed by atoms with Crippen LogP contribution >= 0.6 is 0 Å². The number of nitrogens with two attached hydrogens (primary N) is 1. The molecule has 1 rings (SSSR count). The lowest BCUT2D eigenvalue weighted by atomic mass is 10.2. The van der Waals surface area contributed by atoms with Crippen molar-refractivity contribution < 1.29 is 23.8 Å². The largest absolute Gasteiger partial charge is 0.492 e. The van der Waals surface area contributed by atoms with Crippen LogP contribution in [0.2, 0.25) is 0 Å². The summed E-state index contributed by atoms with van der Waals surface area (Å²) < 4.78 is 16.3. The van der Waals surface area contributed by atoms with Crippen LogP contribution in [0.15, 0.2) is 24.3 Å². The van der Waals surface area contributed by atoms with Crippen molar-refractivity contribution in [1.29, 1.82) is 0 Å². The van der Waals surface area contributed by atoms with Gasteiger partial charge in [-0.1, -0.05) is 31.8 Å². The Bertz CT molecular complexity index is 745. The van der Waals surface area contributed by atoms with Gasteiger partial charge in [0.25, 0.3) is 5.91 Å². The molecule has 0 aromatic heterocycles. The number of rotatable bonds is 15. The summed E-state index contributed by atoms with van der Waals surface area (Å²) >= 11 is 0. The molecule has 0 fully saturated rings. The maximum atomic E-state index is 12.1. The first kappa shape index (κ1) is 27.4. The Labute approximate surface area is 190 Å². The number of carbonyl (C=O) groups excluding carboxylic acids is 2. The molecule has 1 aromatic carbocycles. The maximum Gasteiger partial charge on any atom is 0.251 e. The second kappa shape index (κ2) is 17.0. The van der Waals surface area contributed by atoms with E-state index in [1.807, 2.05) is 20.9 Å². The van der Waals surface area contributed by atoms with Crippen molar-refractivity contribution >= 4 is 11.8 Å². The molecule has 9 heteroatoms. The molecule has 0 heterocycles. The molecule has 0 saturated carbocycles. The number of benzene rings is 1. The lowest BCUT2D eigenvalue weighted by Gasteiger charge is -2.14. The number of nitrogens with one attached hydrogen (secondary N) is 3. The molecule has 1 aromatic rings. The van der Waals surface area contributed by atoms with Crippen molar-refractivity contribution in [3.05, 3.63) is 29.8 Å². The fraction of sp³-hybridized carbons (Fsp3) is 0.565. The van der Waals surface area contributed by atoms with Crippen molar-refractivity contribution in [2.45, 2.75) is 19.9 Å². The van der Waals surface area contributed by atoms with E-state index in [9.17, 15) is 9.59 Å². The van der Waals surface area contributed by atoms with E-state index in [1.54, 1.807) is 24.3 Å². The highest BCUT2D eigenvalue weighted by molar-refractivity contribution is 5.94. The topological polar surface area (TPSA) is 124 Å². The lowest BCUT2D eigenvalue weighted by Crippen LogP contribution is -2.36. The van der Waals surface area contributed by atoms with Gasteiger partial charge in [-0.3, -0.25) is 9.59 Å². The number of hydrogen-bond donors (Lipinski definition) is 4. The van der Waals surface area contributed by atoms with E-state index >= 15 is 0 Å². The van der Waals surface area contributed by atoms with Crippen LogP contribution in [0.5, 0.6) is 5.75 Å². The van der Waals surface area contributed by atoms with E-state index in [2.05, 4.69) is 27.8 Å². The van der Waals surface area contributed by atoms with Gasteiger partial charge in [-0.2, -0.15) is 0 Å². The zero-order chi connectivity index (χ0) is 23.6. The zero-order valence-electron chi connectivity index (χ0n) is 19.2. The van der Waals surface area contributed by atoms with Crippen molar-refractivity contribution in [1.82, 2.24) is 16.0 Å². The van der Waals surface area contributed by atoms with Crippen LogP contribution in [0.1, 0.15) is 24.2 Å². The summed E-state index contributed by atoms with van der Waals surface area (Å²) in [5.74, 6) is 6.35. The summed E-state index contributed by atoms with van der Waals surface area (Å²) in [6.07, 6.45) is 0. The highest BCUT2D eigenvalue weighted by atomic mass is 16.5. The average Bonchev–Trinajstić information content (AvgIpc) is 2.77. The molecule has 0 aliphatic carbocycles. The third-order valence-corrected chi connectivity index (χ3v) is 3.92. The molecule has 5 N–H and O–H groups in total. The molecule has 0 spiro atoms. The number of amides is 2. The Kier molecular flexibility index (Phi) is 14.5. The molecular formula is C23H36N4O5. The number of ether oxygens (including phenoxy) is 3. The molecule has 0 radical (unpaired) electrons. The third kappa shape index (κ3) is 13.6. The van der Waals surface area contributed by atoms with Crippen LogP contribution in [-0.2, 0) is 14.3 Å². The fourth-order valence-electron chi connectivity index (χ4n) is 2.37. The quantitative estimate of drug-likeness (QED) is 0.222. The van der Waals surface area contributed by atoms with E-state index < -0.39 is 6.04 Å². The molecule has 0 aliphatic rings. The van der Waals surface area contributed by atoms with Crippen molar-refractivity contribution in [2.75, 3.05) is 59.7 Å². The van der Waals surface area contributed by atoms with Gasteiger partial charge in [-0.15, -0.1) is 0 Å². The maximum absolute atomic E-state index is 12.1. The Balaban J connectivity index is 2.17. The van der Waals surface area contributed by atoms with Gasteiger partial charge in [0.15, 0.2) is 0 Å². The van der Waals surface area contributed by atoms with Gasteiger partial charge in [0.2, 0.25) is 5.91 Å². The van der Waals surface area contributed by atoms with Gasteiger partial charge in [-0.05, 0) is 25.2 Å². The second-order valence-corrected chi connectivity index (χ2v) is 7.35. The van der Waals surface area contributed by atoms with E-state index in [4.69, 9.17) is 19.9 Å². The van der Waals surface area contributed by atoms with Crippen LogP contribution < -0.4 is 26.4 Å². The highest BCUT2D eigenvalue weighted by Gasteiger charge is 2.09. The fourth-order valence-corrected chi connectivity index (χ4v) is 2.37. The molecule has 0 bridgehead atoms. The standard InChI is InChI=1S/C23H36N4O5/c1-18(2)6-5-12-30-13-11-26-22(28)17-31-15-20(24)16-32-21-8-4-7-19(14-21)23(29)27-10-9-25-3/h4,7-8,14,18,20,25H,9-13,15-17,24H2,1-3H3,(H,26,28)(H,27,29). The first-order valence-corrected chi connectivity index (χ1v) is 10.7. The normalized spacial score (nSPS) is 11.4. The SMILES string of the molecule is CNCCNC(=O)c1cccc(OCC(N)COCC(=O)NCCOCC#CC(C)C)c1. The van der Waals surface area contributed by atoms with Gasteiger partial charge in [0.1, 0.15) is 25.6 Å². The minimum Gasteiger partial charge on any atom is -0.492 e. The van der Waals surface area contributed by atoms with Gasteiger partial charge in [0.05, 0.1) is 19.3 Å². The number of hydrogen-bond acceptors (Lipinski definition) is 7. The van der Waals surface area contributed by atoms with Crippen LogP contribution in [0.4, 0.5) is 0 Å². The Morgan fingerprint density at radius 3 is 2.66 bits per heavy atom. The molecular weight excluding hydrogens is 412 g/mol. The van der Waals surface area contributed by atoms with Crippen molar-refractivity contribution in [2.24, 2.45) is 11.7 Å². The van der Waals surface area contributed by atoms with Crippen LogP contribution in [0.25, 0.3) is 0 Å². The van der Waals surface area contributed by atoms with E-state index in [-0.39, 0.29) is 31.6 Å². The van der Waals surface area contributed by atoms with Crippen LogP contribution in [0, 0.1) is 17.8 Å². The minimum atomic E-state index is -0.418. The van der Waals surface area contributed by atoms with E-state index in [0.717, 1.165) is 0 Å². The Morgan fingerprint density at radius 1 is 1.09 bits per heavy atom. The van der Waals surface area contributed by atoms with Crippen LogP contribution in [-0.4, -0.2) is 77.6 Å². The molecule has 178 valence electrons. The zero-order valence-corrected chi connectivity index (χ0v) is 19.2. The van der Waals surface area contributed by atoms with E-state index in [0.29, 0.717) is 50.1 Å². The van der Waals surface area contributed by atoms with Crippen LogP contribution in [0.3, 0.4) is 0 Å². The van der Waals surface area contributed by atoms with Gasteiger partial charge in [0, 0.05) is 31.1 Å². The predicted molar refractivity (Wildman–Crippen MR) is 123 cm³/mol. The molecule has 9 nitrogen and oxygen atoms in total. The summed E-state index contributed by atoms with van der Waals surface area (Å²) in [4.78, 5) is 23.8. The molecule has 32 heavy (non-hydrogen) atoms. The van der Waals surface area contributed by atoms with E-state index in [1.165, 1.54) is 0 Å². The van der Waals surface area contributed by atoms with Crippen molar-refractivity contribution in [3.8, 4) is 17.6 Å². The molecule has 2 amide bonds. The lowest BCUT2D eigenvalue weighted by molar-refractivity contribution is -0.126. The summed E-state index contributed by atoms with van der Waals surface area (Å²) in [7, 11) is 1.82. The highest BCUT2D eigenvalue weighted by Crippen LogP contribution is 2.13. The molecule has 1 unspecified atom stereocenters.